The molecule has 4 nitrogen and oxygen atoms in total. The van der Waals surface area contributed by atoms with Crippen LogP contribution < -0.4 is 4.74 Å². The first-order chi connectivity index (χ1) is 7.27. The second kappa shape index (κ2) is 4.80. The van der Waals surface area contributed by atoms with Crippen molar-refractivity contribution in [2.24, 2.45) is 0 Å². The molecule has 0 atom stereocenters. The van der Waals surface area contributed by atoms with Gasteiger partial charge in [0.25, 0.3) is 15.5 Å². The highest BCUT2D eigenvalue weighted by atomic mass is 79.9. The Morgan fingerprint density at radius 1 is 1.56 bits per heavy atom. The van der Waals surface area contributed by atoms with E-state index in [1.807, 2.05) is 0 Å². The number of ether oxygens (including phenoxy) is 1. The lowest BCUT2D eigenvalue weighted by atomic mass is 10.3. The molecule has 90 valence electrons. The van der Waals surface area contributed by atoms with Crippen molar-refractivity contribution in [3.8, 4) is 5.75 Å². The lowest BCUT2D eigenvalue weighted by Crippen LogP contribution is -2.04. The van der Waals surface area contributed by atoms with Crippen LogP contribution in [0.5, 0.6) is 5.75 Å². The molecule has 9 heteroatoms. The Kier molecular flexibility index (Phi) is 4.08. The molecule has 16 heavy (non-hydrogen) atoms. The maximum Gasteiger partial charge on any atom is 0.279 e. The van der Waals surface area contributed by atoms with Crippen LogP contribution in [0.4, 0.5) is 8.78 Å². The minimum Gasteiger partial charge on any atom is -0.494 e. The van der Waals surface area contributed by atoms with Crippen LogP contribution >= 0.6 is 26.6 Å². The van der Waals surface area contributed by atoms with Crippen LogP contribution in [0.1, 0.15) is 12.0 Å². The average molecular weight is 337 g/mol. The van der Waals surface area contributed by atoms with Gasteiger partial charge in [-0.05, 0) is 22.0 Å². The zero-order valence-electron chi connectivity index (χ0n) is 7.75. The lowest BCUT2D eigenvalue weighted by Gasteiger charge is -2.09. The molecular formula is C7H5BrClF2NO3S. The molecule has 1 rings (SSSR count). The van der Waals surface area contributed by atoms with Crippen molar-refractivity contribution < 1.29 is 21.9 Å². The van der Waals surface area contributed by atoms with Crippen LogP contribution in [-0.2, 0) is 9.05 Å². The van der Waals surface area contributed by atoms with Crippen LogP contribution in [0.15, 0.2) is 15.7 Å². The molecule has 0 aliphatic rings. The molecule has 0 spiro atoms. The second-order valence-electron chi connectivity index (χ2n) is 2.61. The van der Waals surface area contributed by atoms with Gasteiger partial charge in [0.2, 0.25) is 0 Å². The molecule has 0 N–H and O–H groups in total. The van der Waals surface area contributed by atoms with Gasteiger partial charge in [-0.15, -0.1) is 0 Å². The Balaban J connectivity index is 3.55. The van der Waals surface area contributed by atoms with Crippen LogP contribution in [0.3, 0.4) is 0 Å². The average Bonchev–Trinajstić information content (AvgIpc) is 2.15. The molecule has 0 fully saturated rings. The van der Waals surface area contributed by atoms with Gasteiger partial charge in [0, 0.05) is 10.7 Å². The van der Waals surface area contributed by atoms with E-state index in [9.17, 15) is 17.2 Å². The van der Waals surface area contributed by atoms with Crippen molar-refractivity contribution in [2.45, 2.75) is 11.5 Å². The number of halogens is 4. The van der Waals surface area contributed by atoms with E-state index in [0.29, 0.717) is 0 Å². The Hall–Kier alpha value is -0.470. The summed E-state index contributed by atoms with van der Waals surface area (Å²) in [5.74, 6) is -0.000586. The normalized spacial score (nSPS) is 11.9. The summed E-state index contributed by atoms with van der Waals surface area (Å²) in [6, 6.07) is 0.872. The summed E-state index contributed by atoms with van der Waals surface area (Å²) in [6.45, 7) is 0. The van der Waals surface area contributed by atoms with Gasteiger partial charge in [0.1, 0.15) is 4.60 Å². The minimum atomic E-state index is -4.33. The van der Waals surface area contributed by atoms with Gasteiger partial charge in [-0.25, -0.2) is 22.2 Å². The molecule has 0 amide bonds. The first-order valence-electron chi connectivity index (χ1n) is 3.74. The third kappa shape index (κ3) is 2.80. The number of rotatable bonds is 3. The molecule has 0 bridgehead atoms. The van der Waals surface area contributed by atoms with Crippen LogP contribution in [0.2, 0.25) is 0 Å². The molecule has 0 aliphatic carbocycles. The molecule has 0 radical (unpaired) electrons. The zero-order valence-corrected chi connectivity index (χ0v) is 10.9. The van der Waals surface area contributed by atoms with E-state index in [1.165, 1.54) is 7.11 Å². The molecule has 0 saturated carbocycles. The number of methoxy groups -OCH3 is 1. The molecule has 0 aromatic carbocycles. The molecular weight excluding hydrogens is 332 g/mol. The van der Waals surface area contributed by atoms with E-state index in [4.69, 9.17) is 15.4 Å². The van der Waals surface area contributed by atoms with E-state index in [0.717, 1.165) is 6.07 Å². The van der Waals surface area contributed by atoms with E-state index in [1.54, 1.807) is 0 Å². The van der Waals surface area contributed by atoms with Gasteiger partial charge in [0.15, 0.2) is 10.8 Å². The van der Waals surface area contributed by atoms with Crippen molar-refractivity contribution in [1.29, 1.82) is 0 Å². The lowest BCUT2D eigenvalue weighted by molar-refractivity contribution is 0.146. The van der Waals surface area contributed by atoms with Gasteiger partial charge < -0.3 is 4.74 Å². The Labute approximate surface area is 103 Å². The Morgan fingerprint density at radius 3 is 2.50 bits per heavy atom. The SMILES string of the molecule is COc1cc(C(F)F)c(S(=O)(=O)Cl)nc1Br. The molecule has 0 saturated heterocycles. The van der Waals surface area contributed by atoms with E-state index >= 15 is 0 Å². The van der Waals surface area contributed by atoms with Crippen molar-refractivity contribution in [3.63, 3.8) is 0 Å². The summed E-state index contributed by atoms with van der Waals surface area (Å²) >= 11 is 2.88. The standard InChI is InChI=1S/C7H5BrClF2NO3S/c1-15-4-2-3(6(10)11)7(12-5(4)8)16(9,13)14/h2,6H,1H3. The predicted octanol–water partition coefficient (Wildman–Crippen LogP) is 2.72. The van der Waals surface area contributed by atoms with E-state index in [2.05, 4.69) is 20.9 Å². The van der Waals surface area contributed by atoms with Gasteiger partial charge in [0.05, 0.1) is 12.7 Å². The minimum absolute atomic E-state index is 0.000586. The maximum atomic E-state index is 12.6. The molecule has 0 unspecified atom stereocenters. The smallest absolute Gasteiger partial charge is 0.279 e. The molecule has 1 aromatic heterocycles. The van der Waals surface area contributed by atoms with Crippen molar-refractivity contribution in [2.75, 3.05) is 7.11 Å². The summed E-state index contributed by atoms with van der Waals surface area (Å²) < 4.78 is 51.9. The summed E-state index contributed by atoms with van der Waals surface area (Å²) in [6.07, 6.45) is -3.02. The number of hydrogen-bond donors (Lipinski definition) is 0. The van der Waals surface area contributed by atoms with Gasteiger partial charge in [-0.2, -0.15) is 0 Å². The second-order valence-corrected chi connectivity index (χ2v) is 5.85. The fourth-order valence-electron chi connectivity index (χ4n) is 0.966. The third-order valence-corrected chi connectivity index (χ3v) is 3.42. The van der Waals surface area contributed by atoms with Crippen molar-refractivity contribution in [3.05, 3.63) is 16.2 Å². The summed E-state index contributed by atoms with van der Waals surface area (Å²) in [7, 11) is 1.90. The zero-order chi connectivity index (χ0) is 12.5. The summed E-state index contributed by atoms with van der Waals surface area (Å²) in [5.41, 5.74) is -0.796. The van der Waals surface area contributed by atoms with Gasteiger partial charge in [-0.1, -0.05) is 0 Å². The largest absolute Gasteiger partial charge is 0.494 e. The van der Waals surface area contributed by atoms with Gasteiger partial charge >= 0.3 is 0 Å². The van der Waals surface area contributed by atoms with E-state index in [-0.39, 0.29) is 10.4 Å². The first kappa shape index (κ1) is 13.6. The topological polar surface area (TPSA) is 56.3 Å². The fourth-order valence-corrected chi connectivity index (χ4v) is 2.54. The highest BCUT2D eigenvalue weighted by Crippen LogP contribution is 2.34. The van der Waals surface area contributed by atoms with Crippen molar-refractivity contribution >= 4 is 35.7 Å². The third-order valence-electron chi connectivity index (χ3n) is 1.62. The molecule has 1 heterocycles. The number of aromatic nitrogens is 1. The quantitative estimate of drug-likeness (QED) is 0.629. The van der Waals surface area contributed by atoms with Crippen LogP contribution in [0.25, 0.3) is 0 Å². The number of nitrogens with zero attached hydrogens (tertiary/aromatic N) is 1. The fraction of sp³-hybridized carbons (Fsp3) is 0.286. The number of hydrogen-bond acceptors (Lipinski definition) is 4. The Bertz CT molecular complexity index is 509. The maximum absolute atomic E-state index is 12.6. The summed E-state index contributed by atoms with van der Waals surface area (Å²) in [4.78, 5) is 3.43. The highest BCUT2D eigenvalue weighted by Gasteiger charge is 2.26. The van der Waals surface area contributed by atoms with Gasteiger partial charge in [-0.3, -0.25) is 0 Å². The van der Waals surface area contributed by atoms with E-state index < -0.39 is 26.1 Å². The molecule has 1 aromatic rings. The van der Waals surface area contributed by atoms with Crippen LogP contribution in [0, 0.1) is 0 Å². The van der Waals surface area contributed by atoms with Crippen molar-refractivity contribution in [1.82, 2.24) is 4.98 Å². The number of pyridine rings is 1. The monoisotopic (exact) mass is 335 g/mol. The number of alkyl halides is 2. The first-order valence-corrected chi connectivity index (χ1v) is 6.85. The summed E-state index contributed by atoms with van der Waals surface area (Å²) in [5, 5.41) is -0.878. The predicted molar refractivity (Wildman–Crippen MR) is 56.5 cm³/mol. The highest BCUT2D eigenvalue weighted by molar-refractivity contribution is 9.10. The Morgan fingerprint density at radius 2 is 2.12 bits per heavy atom. The molecule has 0 aliphatic heterocycles. The van der Waals surface area contributed by atoms with Crippen LogP contribution in [-0.4, -0.2) is 20.5 Å².